The van der Waals surface area contributed by atoms with Crippen LogP contribution in [0.15, 0.2) is 18.2 Å². The minimum atomic E-state index is 0.244. The van der Waals surface area contributed by atoms with Crippen LogP contribution < -0.4 is 4.90 Å². The molecule has 0 fully saturated rings. The van der Waals surface area contributed by atoms with E-state index < -0.39 is 0 Å². The molecule has 1 heterocycles. The van der Waals surface area contributed by atoms with Crippen molar-refractivity contribution in [3.05, 3.63) is 29.3 Å². The highest BCUT2D eigenvalue weighted by molar-refractivity contribution is 5.60. The molecule has 76 valence electrons. The van der Waals surface area contributed by atoms with Crippen molar-refractivity contribution in [3.8, 4) is 0 Å². The largest absolute Gasteiger partial charge is 0.395 e. The number of aliphatic hydroxyl groups is 1. The summed E-state index contributed by atoms with van der Waals surface area (Å²) in [6, 6.07) is 6.47. The minimum Gasteiger partial charge on any atom is -0.395 e. The number of aryl methyl sites for hydroxylation is 2. The lowest BCUT2D eigenvalue weighted by Crippen LogP contribution is -2.32. The van der Waals surface area contributed by atoms with Crippen LogP contribution in [0.2, 0.25) is 0 Å². The SMILES string of the molecule is Cc1cccc2c1N(CCO)CCC2. The van der Waals surface area contributed by atoms with Crippen LogP contribution in [0.3, 0.4) is 0 Å². The summed E-state index contributed by atoms with van der Waals surface area (Å²) < 4.78 is 0. The molecule has 0 saturated heterocycles. The first-order valence-electron chi connectivity index (χ1n) is 5.27. The molecule has 0 unspecified atom stereocenters. The molecule has 0 saturated carbocycles. The number of rotatable bonds is 2. The zero-order chi connectivity index (χ0) is 9.97. The van der Waals surface area contributed by atoms with Crippen LogP contribution in [0.5, 0.6) is 0 Å². The molecular weight excluding hydrogens is 174 g/mol. The van der Waals surface area contributed by atoms with Crippen molar-refractivity contribution in [1.29, 1.82) is 0 Å². The molecule has 1 aliphatic heterocycles. The van der Waals surface area contributed by atoms with Crippen molar-refractivity contribution in [1.82, 2.24) is 0 Å². The highest BCUT2D eigenvalue weighted by Gasteiger charge is 2.17. The van der Waals surface area contributed by atoms with Gasteiger partial charge in [0.25, 0.3) is 0 Å². The predicted octanol–water partition coefficient (Wildman–Crippen LogP) is 1.74. The highest BCUT2D eigenvalue weighted by Crippen LogP contribution is 2.29. The van der Waals surface area contributed by atoms with Crippen molar-refractivity contribution in [2.75, 3.05) is 24.6 Å². The Morgan fingerprint density at radius 1 is 1.43 bits per heavy atom. The second kappa shape index (κ2) is 4.01. The van der Waals surface area contributed by atoms with Crippen molar-refractivity contribution < 1.29 is 5.11 Å². The molecule has 2 rings (SSSR count). The van der Waals surface area contributed by atoms with Crippen LogP contribution in [-0.4, -0.2) is 24.8 Å². The maximum Gasteiger partial charge on any atom is 0.0606 e. The van der Waals surface area contributed by atoms with E-state index in [0.717, 1.165) is 13.1 Å². The van der Waals surface area contributed by atoms with Gasteiger partial charge in [0.1, 0.15) is 0 Å². The molecule has 2 nitrogen and oxygen atoms in total. The van der Waals surface area contributed by atoms with Crippen LogP contribution in [0.25, 0.3) is 0 Å². The minimum absolute atomic E-state index is 0.244. The maximum atomic E-state index is 8.99. The van der Waals surface area contributed by atoms with Crippen molar-refractivity contribution in [2.45, 2.75) is 19.8 Å². The van der Waals surface area contributed by atoms with Gasteiger partial charge in [-0.1, -0.05) is 18.2 Å². The van der Waals surface area contributed by atoms with Crippen LogP contribution in [0.1, 0.15) is 17.5 Å². The summed E-state index contributed by atoms with van der Waals surface area (Å²) >= 11 is 0. The molecule has 1 N–H and O–H groups in total. The second-order valence-electron chi connectivity index (χ2n) is 3.90. The number of nitrogens with zero attached hydrogens (tertiary/aromatic N) is 1. The molecule has 1 aliphatic rings. The number of aliphatic hydroxyl groups excluding tert-OH is 1. The Kier molecular flexibility index (Phi) is 2.73. The Labute approximate surface area is 85.2 Å². The van der Waals surface area contributed by atoms with E-state index >= 15 is 0 Å². The second-order valence-corrected chi connectivity index (χ2v) is 3.90. The van der Waals surface area contributed by atoms with Gasteiger partial charge in [0.2, 0.25) is 0 Å². The summed E-state index contributed by atoms with van der Waals surface area (Å²) in [5, 5.41) is 8.99. The Balaban J connectivity index is 2.36. The standard InChI is InChI=1S/C12H17NO/c1-10-4-2-5-11-6-3-7-13(8-9-14)12(10)11/h2,4-5,14H,3,6-9H2,1H3. The molecule has 0 atom stereocenters. The Morgan fingerprint density at radius 2 is 2.29 bits per heavy atom. The van der Waals surface area contributed by atoms with Crippen molar-refractivity contribution in [3.63, 3.8) is 0 Å². The van der Waals surface area contributed by atoms with Gasteiger partial charge in [0.05, 0.1) is 6.61 Å². The molecule has 14 heavy (non-hydrogen) atoms. The quantitative estimate of drug-likeness (QED) is 0.769. The van der Waals surface area contributed by atoms with Crippen LogP contribution >= 0.6 is 0 Å². The Morgan fingerprint density at radius 3 is 3.07 bits per heavy atom. The van der Waals surface area contributed by atoms with E-state index in [9.17, 15) is 0 Å². The van der Waals surface area contributed by atoms with Gasteiger partial charge in [-0.05, 0) is 30.9 Å². The summed E-state index contributed by atoms with van der Waals surface area (Å²) in [5.41, 5.74) is 4.12. The smallest absolute Gasteiger partial charge is 0.0606 e. The zero-order valence-electron chi connectivity index (χ0n) is 8.66. The molecule has 2 heteroatoms. The monoisotopic (exact) mass is 191 g/mol. The van der Waals surface area contributed by atoms with Gasteiger partial charge in [0.15, 0.2) is 0 Å². The van der Waals surface area contributed by atoms with E-state index in [1.54, 1.807) is 0 Å². The third-order valence-corrected chi connectivity index (χ3v) is 2.88. The number of benzene rings is 1. The van der Waals surface area contributed by atoms with Crippen molar-refractivity contribution >= 4 is 5.69 Å². The summed E-state index contributed by atoms with van der Waals surface area (Å²) in [5.74, 6) is 0. The molecule has 1 aromatic carbocycles. The third kappa shape index (κ3) is 1.62. The lowest BCUT2D eigenvalue weighted by Gasteiger charge is -2.32. The van der Waals surface area contributed by atoms with Gasteiger partial charge in [-0.15, -0.1) is 0 Å². The summed E-state index contributed by atoms with van der Waals surface area (Å²) in [4.78, 5) is 2.30. The highest BCUT2D eigenvalue weighted by atomic mass is 16.3. The predicted molar refractivity (Wildman–Crippen MR) is 58.8 cm³/mol. The first-order valence-corrected chi connectivity index (χ1v) is 5.27. The third-order valence-electron chi connectivity index (χ3n) is 2.88. The number of hydrogen-bond acceptors (Lipinski definition) is 2. The number of anilines is 1. The molecule has 0 aromatic heterocycles. The van der Waals surface area contributed by atoms with Gasteiger partial charge < -0.3 is 10.0 Å². The summed E-state index contributed by atoms with van der Waals surface area (Å²) in [6.45, 7) is 4.23. The van der Waals surface area contributed by atoms with Gasteiger partial charge in [0, 0.05) is 18.8 Å². The summed E-state index contributed by atoms with van der Waals surface area (Å²) in [6.07, 6.45) is 2.38. The van der Waals surface area contributed by atoms with E-state index in [-0.39, 0.29) is 6.61 Å². The molecule has 0 spiro atoms. The Bertz CT molecular complexity index is 322. The zero-order valence-corrected chi connectivity index (χ0v) is 8.66. The van der Waals surface area contributed by atoms with Gasteiger partial charge in [-0.25, -0.2) is 0 Å². The van der Waals surface area contributed by atoms with E-state index in [1.165, 1.54) is 29.7 Å². The lowest BCUT2D eigenvalue weighted by molar-refractivity contribution is 0.301. The summed E-state index contributed by atoms with van der Waals surface area (Å²) in [7, 11) is 0. The van der Waals surface area contributed by atoms with Crippen LogP contribution in [-0.2, 0) is 6.42 Å². The van der Waals surface area contributed by atoms with Gasteiger partial charge >= 0.3 is 0 Å². The van der Waals surface area contributed by atoms with E-state index in [2.05, 4.69) is 30.0 Å². The van der Waals surface area contributed by atoms with Gasteiger partial charge in [-0.3, -0.25) is 0 Å². The molecule has 1 aromatic rings. The maximum absolute atomic E-state index is 8.99. The normalized spacial score (nSPS) is 15.4. The number of β-amino-alcohol motifs (C(OH)–C–C–N with tert-alkyl or cyclic N) is 1. The molecule has 0 aliphatic carbocycles. The Hall–Kier alpha value is -1.02. The topological polar surface area (TPSA) is 23.5 Å². The van der Waals surface area contributed by atoms with Gasteiger partial charge in [-0.2, -0.15) is 0 Å². The van der Waals surface area contributed by atoms with E-state index in [4.69, 9.17) is 5.11 Å². The van der Waals surface area contributed by atoms with E-state index in [1.807, 2.05) is 0 Å². The number of fused-ring (bicyclic) bond motifs is 1. The van der Waals surface area contributed by atoms with E-state index in [0.29, 0.717) is 0 Å². The van der Waals surface area contributed by atoms with Crippen molar-refractivity contribution in [2.24, 2.45) is 0 Å². The number of para-hydroxylation sites is 1. The van der Waals surface area contributed by atoms with Crippen LogP contribution in [0.4, 0.5) is 5.69 Å². The average molecular weight is 191 g/mol. The first-order chi connectivity index (χ1) is 6.83. The average Bonchev–Trinajstić information content (AvgIpc) is 2.19. The fourth-order valence-corrected chi connectivity index (χ4v) is 2.29. The number of hydrogen-bond donors (Lipinski definition) is 1. The molecule has 0 bridgehead atoms. The van der Waals surface area contributed by atoms with Crippen LogP contribution in [0, 0.1) is 6.92 Å². The molecule has 0 radical (unpaired) electrons. The molecule has 0 amide bonds. The molecular formula is C12H17NO. The fraction of sp³-hybridized carbons (Fsp3) is 0.500. The lowest BCUT2D eigenvalue weighted by atomic mass is 9.98. The fourth-order valence-electron chi connectivity index (χ4n) is 2.29. The first kappa shape index (κ1) is 9.53.